The van der Waals surface area contributed by atoms with Crippen LogP contribution in [0.3, 0.4) is 0 Å². The van der Waals surface area contributed by atoms with Crippen molar-refractivity contribution in [2.45, 2.75) is 26.3 Å². The number of para-hydroxylation sites is 2. The molecule has 132 valence electrons. The predicted molar refractivity (Wildman–Crippen MR) is 98.6 cm³/mol. The fourth-order valence-corrected chi connectivity index (χ4v) is 2.65. The highest BCUT2D eigenvalue weighted by molar-refractivity contribution is 5.93. The summed E-state index contributed by atoms with van der Waals surface area (Å²) >= 11 is 0. The van der Waals surface area contributed by atoms with Gasteiger partial charge in [-0.25, -0.2) is 0 Å². The van der Waals surface area contributed by atoms with E-state index in [1.54, 1.807) is 11.9 Å². The zero-order valence-corrected chi connectivity index (χ0v) is 14.9. The van der Waals surface area contributed by atoms with Gasteiger partial charge in [-0.3, -0.25) is 9.59 Å². The number of ether oxygens (including phenoxy) is 1. The zero-order valence-electron chi connectivity index (χ0n) is 14.9. The number of nitrogens with zero attached hydrogens (tertiary/aromatic N) is 1. The van der Waals surface area contributed by atoms with Gasteiger partial charge < -0.3 is 15.0 Å². The molecule has 25 heavy (non-hydrogen) atoms. The molecule has 0 saturated carbocycles. The summed E-state index contributed by atoms with van der Waals surface area (Å²) in [5.74, 6) is 0.404. The fraction of sp³-hybridized carbons (Fsp3) is 0.300. The molecule has 0 aliphatic heterocycles. The molecule has 0 saturated heterocycles. The van der Waals surface area contributed by atoms with E-state index in [1.807, 2.05) is 61.5 Å². The van der Waals surface area contributed by atoms with Crippen LogP contribution in [0.5, 0.6) is 5.75 Å². The van der Waals surface area contributed by atoms with Crippen LogP contribution in [0, 0.1) is 0 Å². The summed E-state index contributed by atoms with van der Waals surface area (Å²) in [4.78, 5) is 25.9. The topological polar surface area (TPSA) is 58.6 Å². The Balaban J connectivity index is 2.23. The van der Waals surface area contributed by atoms with Gasteiger partial charge in [0, 0.05) is 25.2 Å². The Morgan fingerprint density at radius 1 is 1.08 bits per heavy atom. The van der Waals surface area contributed by atoms with E-state index >= 15 is 0 Å². The van der Waals surface area contributed by atoms with E-state index in [9.17, 15) is 9.59 Å². The van der Waals surface area contributed by atoms with Crippen molar-refractivity contribution in [3.8, 4) is 5.75 Å². The van der Waals surface area contributed by atoms with Crippen LogP contribution >= 0.6 is 0 Å². The quantitative estimate of drug-likeness (QED) is 0.841. The highest BCUT2D eigenvalue weighted by Crippen LogP contribution is 2.28. The van der Waals surface area contributed by atoms with Gasteiger partial charge in [-0.2, -0.15) is 0 Å². The van der Waals surface area contributed by atoms with Crippen molar-refractivity contribution in [2.24, 2.45) is 0 Å². The van der Waals surface area contributed by atoms with Gasteiger partial charge in [-0.1, -0.05) is 36.4 Å². The fourth-order valence-electron chi connectivity index (χ4n) is 2.65. The minimum atomic E-state index is -0.445. The summed E-state index contributed by atoms with van der Waals surface area (Å²) in [5.41, 5.74) is 1.61. The van der Waals surface area contributed by atoms with Gasteiger partial charge in [0.25, 0.3) is 0 Å². The van der Waals surface area contributed by atoms with E-state index in [0.717, 1.165) is 11.3 Å². The molecule has 1 atom stereocenters. The van der Waals surface area contributed by atoms with Gasteiger partial charge in [0.05, 0.1) is 19.1 Å². The summed E-state index contributed by atoms with van der Waals surface area (Å²) in [6.07, 6.45) is 0.148. The molecule has 0 aromatic heterocycles. The van der Waals surface area contributed by atoms with Gasteiger partial charge in [0.15, 0.2) is 0 Å². The second-order valence-electron chi connectivity index (χ2n) is 5.72. The first kappa shape index (κ1) is 18.5. The second-order valence-corrected chi connectivity index (χ2v) is 5.72. The number of rotatable bonds is 7. The van der Waals surface area contributed by atoms with Gasteiger partial charge in [-0.05, 0) is 25.1 Å². The third-order valence-electron chi connectivity index (χ3n) is 3.87. The first-order chi connectivity index (χ1) is 12.0. The second kappa shape index (κ2) is 8.87. The largest absolute Gasteiger partial charge is 0.494 e. The molecule has 2 aromatic carbocycles. The molecule has 0 heterocycles. The number of benzene rings is 2. The number of anilines is 1. The van der Waals surface area contributed by atoms with Crippen molar-refractivity contribution >= 4 is 17.5 Å². The number of nitrogens with one attached hydrogen (secondary N) is 1. The lowest BCUT2D eigenvalue weighted by Gasteiger charge is -2.24. The molecule has 2 aromatic rings. The molecule has 5 heteroatoms. The van der Waals surface area contributed by atoms with Crippen molar-refractivity contribution in [3.05, 3.63) is 60.2 Å². The Labute approximate surface area is 148 Å². The standard InChI is InChI=1S/C20H24N2O3/c1-4-25-19-13-9-8-12-17(19)18(21-15(2)23)14-20(24)22(3)16-10-6-5-7-11-16/h5-13,18H,4,14H2,1-3H3,(H,21,23). The van der Waals surface area contributed by atoms with Crippen molar-refractivity contribution in [2.75, 3.05) is 18.6 Å². The molecular formula is C20H24N2O3. The molecule has 5 nitrogen and oxygen atoms in total. The summed E-state index contributed by atoms with van der Waals surface area (Å²) < 4.78 is 5.65. The maximum Gasteiger partial charge on any atom is 0.229 e. The smallest absolute Gasteiger partial charge is 0.229 e. The molecule has 2 amide bonds. The Kier molecular flexibility index (Phi) is 6.57. The van der Waals surface area contributed by atoms with Crippen LogP contribution in [0.25, 0.3) is 0 Å². The Morgan fingerprint density at radius 3 is 2.36 bits per heavy atom. The van der Waals surface area contributed by atoms with Crippen molar-refractivity contribution in [1.29, 1.82) is 0 Å². The monoisotopic (exact) mass is 340 g/mol. The molecular weight excluding hydrogens is 316 g/mol. The van der Waals surface area contributed by atoms with Crippen molar-refractivity contribution in [3.63, 3.8) is 0 Å². The van der Waals surface area contributed by atoms with Crippen LogP contribution in [-0.4, -0.2) is 25.5 Å². The first-order valence-electron chi connectivity index (χ1n) is 8.33. The Morgan fingerprint density at radius 2 is 1.72 bits per heavy atom. The summed E-state index contributed by atoms with van der Waals surface area (Å²) in [7, 11) is 1.73. The number of hydrogen-bond donors (Lipinski definition) is 1. The van der Waals surface area contributed by atoms with Crippen molar-refractivity contribution < 1.29 is 14.3 Å². The number of hydrogen-bond acceptors (Lipinski definition) is 3. The highest BCUT2D eigenvalue weighted by Gasteiger charge is 2.23. The average Bonchev–Trinajstić information content (AvgIpc) is 2.61. The van der Waals surface area contributed by atoms with Gasteiger partial charge in [0.2, 0.25) is 11.8 Å². The third kappa shape index (κ3) is 5.08. The number of carbonyl (C=O) groups excluding carboxylic acids is 2. The molecule has 0 aliphatic carbocycles. The summed E-state index contributed by atoms with van der Waals surface area (Å²) in [5, 5.41) is 2.87. The van der Waals surface area contributed by atoms with Crippen LogP contribution in [0.15, 0.2) is 54.6 Å². The summed E-state index contributed by atoms with van der Waals surface area (Å²) in [6, 6.07) is 16.4. The third-order valence-corrected chi connectivity index (χ3v) is 3.87. The average molecular weight is 340 g/mol. The lowest BCUT2D eigenvalue weighted by Crippen LogP contribution is -2.34. The van der Waals surface area contributed by atoms with E-state index in [-0.39, 0.29) is 18.2 Å². The van der Waals surface area contributed by atoms with Gasteiger partial charge >= 0.3 is 0 Å². The normalized spacial score (nSPS) is 11.5. The van der Waals surface area contributed by atoms with E-state index in [0.29, 0.717) is 12.4 Å². The minimum absolute atomic E-state index is 0.0868. The van der Waals surface area contributed by atoms with Crippen molar-refractivity contribution in [1.82, 2.24) is 5.32 Å². The molecule has 0 fully saturated rings. The Hall–Kier alpha value is -2.82. The molecule has 1 unspecified atom stereocenters. The number of amides is 2. The zero-order chi connectivity index (χ0) is 18.2. The lowest BCUT2D eigenvalue weighted by molar-refractivity contribution is -0.121. The molecule has 0 radical (unpaired) electrons. The molecule has 0 aliphatic rings. The summed E-state index contributed by atoms with van der Waals surface area (Å²) in [6.45, 7) is 3.86. The van der Waals surface area contributed by atoms with Crippen LogP contribution < -0.4 is 15.0 Å². The van der Waals surface area contributed by atoms with E-state index in [1.165, 1.54) is 6.92 Å². The molecule has 2 rings (SSSR count). The highest BCUT2D eigenvalue weighted by atomic mass is 16.5. The van der Waals surface area contributed by atoms with Gasteiger partial charge in [0.1, 0.15) is 5.75 Å². The van der Waals surface area contributed by atoms with E-state index in [2.05, 4.69) is 5.32 Å². The first-order valence-corrected chi connectivity index (χ1v) is 8.33. The maximum atomic E-state index is 12.7. The van der Waals surface area contributed by atoms with Gasteiger partial charge in [-0.15, -0.1) is 0 Å². The van der Waals surface area contributed by atoms with Crippen LogP contribution in [0.1, 0.15) is 31.9 Å². The predicted octanol–water partition coefficient (Wildman–Crippen LogP) is 3.32. The molecule has 1 N–H and O–H groups in total. The lowest BCUT2D eigenvalue weighted by atomic mass is 10.0. The van der Waals surface area contributed by atoms with Crippen LogP contribution in [-0.2, 0) is 9.59 Å². The Bertz CT molecular complexity index is 716. The minimum Gasteiger partial charge on any atom is -0.494 e. The molecule has 0 spiro atoms. The van der Waals surface area contributed by atoms with Crippen LogP contribution in [0.2, 0.25) is 0 Å². The SMILES string of the molecule is CCOc1ccccc1C(CC(=O)N(C)c1ccccc1)NC(C)=O. The number of carbonyl (C=O) groups is 2. The molecule has 0 bridgehead atoms. The van der Waals surface area contributed by atoms with E-state index in [4.69, 9.17) is 4.74 Å². The maximum absolute atomic E-state index is 12.7. The van der Waals surface area contributed by atoms with E-state index < -0.39 is 6.04 Å². The van der Waals surface area contributed by atoms with Crippen LogP contribution in [0.4, 0.5) is 5.69 Å².